The predicted octanol–water partition coefficient (Wildman–Crippen LogP) is 2.86. The van der Waals surface area contributed by atoms with Gasteiger partial charge < -0.3 is 30.0 Å². The molecule has 2 heterocycles. The molecule has 0 atom stereocenters. The molecule has 0 fully saturated rings. The van der Waals surface area contributed by atoms with E-state index in [1.807, 2.05) is 24.3 Å². The van der Waals surface area contributed by atoms with E-state index in [0.717, 1.165) is 16.3 Å². The van der Waals surface area contributed by atoms with Gasteiger partial charge in [0.05, 0.1) is 70.2 Å². The Hall–Kier alpha value is -6.15. The Bertz CT molecular complexity index is 2080. The Morgan fingerprint density at radius 3 is 1.71 bits per heavy atom. The van der Waals surface area contributed by atoms with Gasteiger partial charge in [-0.25, -0.2) is 4.98 Å². The van der Waals surface area contributed by atoms with Crippen LogP contribution in [0.3, 0.4) is 0 Å². The molecule has 4 rings (SSSR count). The minimum Gasteiger partial charge on any atom is -0.465 e. The lowest BCUT2D eigenvalue weighted by atomic mass is 10.1. The van der Waals surface area contributed by atoms with Gasteiger partial charge in [-0.2, -0.15) is 0 Å². The molecular formula is C42H51N7O9. The fourth-order valence-electron chi connectivity index (χ4n) is 5.92. The van der Waals surface area contributed by atoms with Gasteiger partial charge in [0.15, 0.2) is 0 Å². The van der Waals surface area contributed by atoms with E-state index >= 15 is 0 Å². The normalized spacial score (nSPS) is 11.0. The number of pyridine rings is 2. The van der Waals surface area contributed by atoms with Gasteiger partial charge in [-0.1, -0.05) is 12.0 Å². The van der Waals surface area contributed by atoms with Crippen LogP contribution in [0.15, 0.2) is 60.8 Å². The monoisotopic (exact) mass is 797 g/mol. The third-order valence-electron chi connectivity index (χ3n) is 8.55. The zero-order chi connectivity index (χ0) is 41.9. The average Bonchev–Trinajstić information content (AvgIpc) is 3.18. The lowest BCUT2D eigenvalue weighted by Crippen LogP contribution is -2.46. The number of hydrogen-bond donors (Lipinski definition) is 2. The summed E-state index contributed by atoms with van der Waals surface area (Å²) in [6.07, 6.45) is 1.71. The number of hydrogen-bond acceptors (Lipinski definition) is 15. The number of rotatable bonds is 21. The highest BCUT2D eigenvalue weighted by atomic mass is 16.5. The minimum absolute atomic E-state index is 0.102. The molecule has 0 radical (unpaired) electrons. The molecule has 0 saturated heterocycles. The summed E-state index contributed by atoms with van der Waals surface area (Å²) in [6, 6.07) is 16.3. The van der Waals surface area contributed by atoms with Crippen molar-refractivity contribution in [2.24, 2.45) is 0 Å². The smallest absolute Gasteiger partial charge is 0.320 e. The number of nitrogens with zero attached hydrogens (tertiary/aromatic N) is 5. The van der Waals surface area contributed by atoms with Gasteiger partial charge in [-0.05, 0) is 82.1 Å². The molecule has 0 aliphatic rings. The van der Waals surface area contributed by atoms with E-state index < -0.39 is 23.9 Å². The number of benzene rings is 2. The van der Waals surface area contributed by atoms with Crippen LogP contribution in [-0.4, -0.2) is 140 Å². The minimum atomic E-state index is -0.515. The largest absolute Gasteiger partial charge is 0.465 e. The molecule has 0 spiro atoms. The number of anilines is 2. The fraction of sp³-hybridized carbons (Fsp3) is 0.405. The average molecular weight is 798 g/mol. The van der Waals surface area contributed by atoms with Crippen LogP contribution < -0.4 is 11.1 Å². The second kappa shape index (κ2) is 23.2. The lowest BCUT2D eigenvalue weighted by Gasteiger charge is -2.28. The van der Waals surface area contributed by atoms with Crippen molar-refractivity contribution in [3.8, 4) is 11.8 Å². The molecule has 16 heteroatoms. The van der Waals surface area contributed by atoms with Crippen molar-refractivity contribution in [2.75, 3.05) is 96.4 Å². The summed E-state index contributed by atoms with van der Waals surface area (Å²) in [7, 11) is 0. The van der Waals surface area contributed by atoms with Crippen molar-refractivity contribution < 1.29 is 42.9 Å². The highest BCUT2D eigenvalue weighted by molar-refractivity contribution is 6.08. The molecule has 3 N–H and O–H groups in total. The Balaban J connectivity index is 1.41. The van der Waals surface area contributed by atoms with Gasteiger partial charge >= 0.3 is 23.9 Å². The first-order chi connectivity index (χ1) is 28.0. The lowest BCUT2D eigenvalue weighted by molar-refractivity contribution is -0.149. The maximum absolute atomic E-state index is 13.3. The van der Waals surface area contributed by atoms with Gasteiger partial charge in [-0.3, -0.25) is 43.7 Å². The van der Waals surface area contributed by atoms with Gasteiger partial charge in [0, 0.05) is 60.1 Å². The van der Waals surface area contributed by atoms with Gasteiger partial charge in [-0.15, -0.1) is 0 Å². The summed E-state index contributed by atoms with van der Waals surface area (Å²) in [4.78, 5) is 77.1. The summed E-state index contributed by atoms with van der Waals surface area (Å²) in [6.45, 7) is 7.60. The van der Waals surface area contributed by atoms with E-state index in [1.165, 1.54) is 0 Å². The van der Waals surface area contributed by atoms with E-state index in [4.69, 9.17) is 29.7 Å². The van der Waals surface area contributed by atoms with Gasteiger partial charge in [0.25, 0.3) is 0 Å². The van der Waals surface area contributed by atoms with Crippen LogP contribution in [0.4, 0.5) is 11.4 Å². The van der Waals surface area contributed by atoms with Crippen LogP contribution in [0.5, 0.6) is 0 Å². The van der Waals surface area contributed by atoms with Gasteiger partial charge in [0.1, 0.15) is 5.69 Å². The molecule has 2 aromatic carbocycles. The number of aromatic nitrogens is 2. The molecule has 308 valence electrons. The Kier molecular flexibility index (Phi) is 17.8. The van der Waals surface area contributed by atoms with E-state index in [0.29, 0.717) is 28.1 Å². The maximum atomic E-state index is 13.3. The molecule has 0 bridgehead atoms. The molecule has 0 unspecified atom stereocenters. The highest BCUT2D eigenvalue weighted by Gasteiger charge is 2.22. The molecule has 0 saturated carbocycles. The van der Waals surface area contributed by atoms with Crippen LogP contribution in [0, 0.1) is 11.8 Å². The number of nitrogens with two attached hydrogens (primary N) is 1. The molecule has 0 aliphatic heterocycles. The van der Waals surface area contributed by atoms with Crippen molar-refractivity contribution >= 4 is 63.0 Å². The van der Waals surface area contributed by atoms with Crippen LogP contribution in [-0.2, 0) is 42.9 Å². The zero-order valence-corrected chi connectivity index (χ0v) is 33.5. The van der Waals surface area contributed by atoms with Gasteiger partial charge in [0.2, 0.25) is 5.91 Å². The van der Waals surface area contributed by atoms with Crippen LogP contribution in [0.2, 0.25) is 0 Å². The van der Waals surface area contributed by atoms with E-state index in [2.05, 4.69) is 22.1 Å². The quantitative estimate of drug-likeness (QED) is 0.0410. The second-order valence-electron chi connectivity index (χ2n) is 12.9. The molecule has 0 aliphatic carbocycles. The number of carbonyl (C=O) groups is 5. The zero-order valence-electron chi connectivity index (χ0n) is 33.5. The maximum Gasteiger partial charge on any atom is 0.320 e. The van der Waals surface area contributed by atoms with Crippen molar-refractivity contribution in [3.05, 3.63) is 72.1 Å². The molecule has 2 aromatic heterocycles. The molecule has 4 aromatic rings. The van der Waals surface area contributed by atoms with E-state index in [9.17, 15) is 24.0 Å². The number of nitrogen functional groups attached to an aromatic ring is 1. The molecule has 16 nitrogen and oxygen atoms in total. The highest BCUT2D eigenvalue weighted by Crippen LogP contribution is 2.27. The molecule has 1 amide bonds. The number of amides is 1. The first-order valence-corrected chi connectivity index (χ1v) is 19.2. The Morgan fingerprint density at radius 2 is 1.16 bits per heavy atom. The first kappa shape index (κ1) is 44.6. The third kappa shape index (κ3) is 14.4. The number of nitrogens with one attached hydrogen (secondary N) is 1. The number of esters is 4. The topological polar surface area (TPSA) is 196 Å². The molecular weight excluding hydrogens is 747 g/mol. The summed E-state index contributed by atoms with van der Waals surface area (Å²) >= 11 is 0. The summed E-state index contributed by atoms with van der Waals surface area (Å²) < 4.78 is 20.5. The SMILES string of the molecule is CCOC(=O)CN(CCN(CC(=O)Nc1ccc(C#Cc2ccc3c(N)cc4cccnc4c3n2)cc1)CC(=O)OCC)CCN(CC(=O)OCC)CC(=O)OCC. The Morgan fingerprint density at radius 1 is 0.638 bits per heavy atom. The van der Waals surface area contributed by atoms with Crippen molar-refractivity contribution in [2.45, 2.75) is 27.7 Å². The van der Waals surface area contributed by atoms with Crippen molar-refractivity contribution in [1.82, 2.24) is 24.7 Å². The van der Waals surface area contributed by atoms with Crippen LogP contribution >= 0.6 is 0 Å². The summed E-state index contributed by atoms with van der Waals surface area (Å²) in [5, 5.41) is 4.55. The first-order valence-electron chi connectivity index (χ1n) is 19.2. The molecule has 58 heavy (non-hydrogen) atoms. The summed E-state index contributed by atoms with van der Waals surface area (Å²) in [5.74, 6) is 3.82. The standard InChI is InChI=1S/C42H51N7O9/c1-5-55-37(51)26-47(21-23-49(28-39(53)57-7-3)29-40(54)58-8-4)20-22-48(27-38(52)56-6-2)25-36(50)45-32-14-11-30(12-15-32)13-16-33-17-18-34-35(43)24-31-10-9-19-44-41(31)42(34)46-33/h9-12,14-15,17-19,24H,5-8,20-23,25-29,43H2,1-4H3,(H,45,50). The van der Waals surface area contributed by atoms with Crippen LogP contribution in [0.25, 0.3) is 21.8 Å². The number of ether oxygens (including phenoxy) is 4. The Labute approximate surface area is 337 Å². The second-order valence-corrected chi connectivity index (χ2v) is 12.9. The van der Waals surface area contributed by atoms with E-state index in [1.54, 1.807) is 78.9 Å². The van der Waals surface area contributed by atoms with Crippen molar-refractivity contribution in [1.29, 1.82) is 0 Å². The van der Waals surface area contributed by atoms with Crippen LogP contribution in [0.1, 0.15) is 39.0 Å². The number of carbonyl (C=O) groups excluding carboxylic acids is 5. The van der Waals surface area contributed by atoms with Crippen molar-refractivity contribution in [3.63, 3.8) is 0 Å². The number of fused-ring (bicyclic) bond motifs is 3. The third-order valence-corrected chi connectivity index (χ3v) is 8.55. The predicted molar refractivity (Wildman–Crippen MR) is 218 cm³/mol. The summed E-state index contributed by atoms with van der Waals surface area (Å²) in [5.41, 5.74) is 10.1. The fourth-order valence-corrected chi connectivity index (χ4v) is 5.92. The van der Waals surface area contributed by atoms with E-state index in [-0.39, 0.29) is 91.2 Å².